The van der Waals surface area contributed by atoms with E-state index < -0.39 is 27.3 Å². The number of ketones is 1. The summed E-state index contributed by atoms with van der Waals surface area (Å²) in [5, 5.41) is 20.4. The van der Waals surface area contributed by atoms with E-state index in [0.717, 1.165) is 43.3 Å². The van der Waals surface area contributed by atoms with E-state index in [1.54, 1.807) is 0 Å². The average molecular weight is 403 g/mol. The normalized spacial score (nSPS) is 9.67. The van der Waals surface area contributed by atoms with Crippen molar-refractivity contribution in [2.24, 2.45) is 0 Å². The Morgan fingerprint density at radius 1 is 0.958 bits per heavy atom. The van der Waals surface area contributed by atoms with Crippen LogP contribution in [-0.4, -0.2) is 15.6 Å². The first-order valence-electron chi connectivity index (χ1n) is 6.17. The monoisotopic (exact) mass is 402 g/mol. The third-order valence-corrected chi connectivity index (χ3v) is 3.26. The molecule has 0 N–H and O–H groups in total. The molecule has 2 aromatic rings. The van der Waals surface area contributed by atoms with Gasteiger partial charge in [0.05, 0.1) is 19.9 Å². The summed E-state index contributed by atoms with van der Waals surface area (Å²) in [6.45, 7) is 1.15. The molecule has 126 valence electrons. The largest absolute Gasteiger partial charge is 0.294 e. The molecule has 7 nitrogen and oxygen atoms in total. The van der Waals surface area contributed by atoms with Gasteiger partial charge in [-0.05, 0) is 35.0 Å². The van der Waals surface area contributed by atoms with Crippen LogP contribution >= 0.6 is 15.9 Å². The zero-order valence-corrected chi connectivity index (χ0v) is 13.6. The Labute approximate surface area is 142 Å². The van der Waals surface area contributed by atoms with Crippen LogP contribution in [0.15, 0.2) is 40.9 Å². The maximum atomic E-state index is 12.8. The Kier molecular flexibility index (Phi) is 6.59. The van der Waals surface area contributed by atoms with Gasteiger partial charge < -0.3 is 0 Å². The summed E-state index contributed by atoms with van der Waals surface area (Å²) in [7, 11) is 0. The second-order valence-electron chi connectivity index (χ2n) is 4.33. The molecule has 24 heavy (non-hydrogen) atoms. The first kappa shape index (κ1) is 19.3. The lowest BCUT2D eigenvalue weighted by Crippen LogP contribution is -1.98. The molecule has 0 radical (unpaired) electrons. The Hall–Kier alpha value is -2.75. The van der Waals surface area contributed by atoms with E-state index in [9.17, 15) is 33.8 Å². The van der Waals surface area contributed by atoms with Gasteiger partial charge in [-0.1, -0.05) is 0 Å². The number of Topliss-reactive ketones (excluding diaryl/α,β-unsaturated/α-hetero) is 1. The Balaban J connectivity index is 0.000000243. The number of nitrogens with zero attached hydrogens (tertiary/aromatic N) is 2. The third kappa shape index (κ3) is 5.16. The molecular formula is C14H9BrF2N2O5. The number of nitro benzene ring substituents is 2. The fourth-order valence-electron chi connectivity index (χ4n) is 1.50. The van der Waals surface area contributed by atoms with Crippen LogP contribution in [0.3, 0.4) is 0 Å². The highest BCUT2D eigenvalue weighted by Gasteiger charge is 2.13. The van der Waals surface area contributed by atoms with Crippen molar-refractivity contribution in [1.82, 2.24) is 0 Å². The van der Waals surface area contributed by atoms with Gasteiger partial charge in [-0.3, -0.25) is 25.0 Å². The highest BCUT2D eigenvalue weighted by Crippen LogP contribution is 2.21. The quantitative estimate of drug-likeness (QED) is 0.428. The molecule has 0 saturated carbocycles. The van der Waals surface area contributed by atoms with E-state index >= 15 is 0 Å². The highest BCUT2D eigenvalue weighted by molar-refractivity contribution is 9.10. The first-order valence-corrected chi connectivity index (χ1v) is 6.97. The van der Waals surface area contributed by atoms with Crippen molar-refractivity contribution in [2.45, 2.75) is 6.92 Å². The van der Waals surface area contributed by atoms with Crippen molar-refractivity contribution in [3.8, 4) is 0 Å². The SMILES string of the molecule is CC(=O)c1cc([N+](=O)[O-])ccc1F.O=[N+]([O-])c1ccc(F)c(Br)c1. The molecule has 0 amide bonds. The van der Waals surface area contributed by atoms with Gasteiger partial charge in [0.25, 0.3) is 11.4 Å². The van der Waals surface area contributed by atoms with Crippen LogP contribution in [0.25, 0.3) is 0 Å². The van der Waals surface area contributed by atoms with Gasteiger partial charge in [0.1, 0.15) is 11.6 Å². The van der Waals surface area contributed by atoms with Gasteiger partial charge in [-0.2, -0.15) is 0 Å². The smallest absolute Gasteiger partial charge is 0.270 e. The minimum atomic E-state index is -0.738. The van der Waals surface area contributed by atoms with E-state index in [2.05, 4.69) is 15.9 Å². The molecule has 2 rings (SSSR count). The van der Waals surface area contributed by atoms with E-state index in [0.29, 0.717) is 0 Å². The van der Waals surface area contributed by atoms with Gasteiger partial charge in [0, 0.05) is 24.3 Å². The summed E-state index contributed by atoms with van der Waals surface area (Å²) in [4.78, 5) is 29.9. The molecular weight excluding hydrogens is 394 g/mol. The number of hydrogen-bond donors (Lipinski definition) is 0. The summed E-state index contributed by atoms with van der Waals surface area (Å²) in [6.07, 6.45) is 0. The summed E-state index contributed by atoms with van der Waals surface area (Å²) >= 11 is 2.83. The molecule has 0 aromatic heterocycles. The van der Waals surface area contributed by atoms with Crippen LogP contribution in [0.5, 0.6) is 0 Å². The van der Waals surface area contributed by atoms with Crippen molar-refractivity contribution in [3.05, 3.63) is 78.3 Å². The molecule has 0 aliphatic carbocycles. The number of carbonyl (C=O) groups excluding carboxylic acids is 1. The second-order valence-corrected chi connectivity index (χ2v) is 5.19. The summed E-state index contributed by atoms with van der Waals surface area (Å²) in [6, 6.07) is 6.13. The van der Waals surface area contributed by atoms with Crippen molar-refractivity contribution in [2.75, 3.05) is 0 Å². The number of nitro groups is 2. The topological polar surface area (TPSA) is 103 Å². The minimum absolute atomic E-state index is 0.103. The van der Waals surface area contributed by atoms with Crippen molar-refractivity contribution in [1.29, 1.82) is 0 Å². The predicted octanol–water partition coefficient (Wildman–Crippen LogP) is 4.43. The molecule has 0 bridgehead atoms. The maximum Gasteiger partial charge on any atom is 0.270 e. The number of hydrogen-bond acceptors (Lipinski definition) is 5. The highest BCUT2D eigenvalue weighted by atomic mass is 79.9. The lowest BCUT2D eigenvalue weighted by molar-refractivity contribution is -0.385. The van der Waals surface area contributed by atoms with Crippen LogP contribution in [0.2, 0.25) is 0 Å². The van der Waals surface area contributed by atoms with Gasteiger partial charge in [0.15, 0.2) is 5.78 Å². The Bertz CT molecular complexity index is 814. The van der Waals surface area contributed by atoms with Gasteiger partial charge >= 0.3 is 0 Å². The zero-order chi connectivity index (χ0) is 18.4. The van der Waals surface area contributed by atoms with Crippen molar-refractivity contribution >= 4 is 33.1 Å². The molecule has 0 unspecified atom stereocenters. The molecule has 0 saturated heterocycles. The predicted molar refractivity (Wildman–Crippen MR) is 83.8 cm³/mol. The molecule has 2 aromatic carbocycles. The van der Waals surface area contributed by atoms with Gasteiger partial charge in [-0.25, -0.2) is 8.78 Å². The summed E-state index contributed by atoms with van der Waals surface area (Å²) < 4.78 is 25.4. The number of non-ortho nitro benzene ring substituents is 2. The Morgan fingerprint density at radius 3 is 1.83 bits per heavy atom. The molecule has 10 heteroatoms. The molecule has 0 spiro atoms. The maximum absolute atomic E-state index is 12.8. The fraction of sp³-hybridized carbons (Fsp3) is 0.0714. The molecule has 0 aliphatic rings. The number of carbonyl (C=O) groups is 1. The molecule has 0 atom stereocenters. The molecule has 0 aliphatic heterocycles. The van der Waals surface area contributed by atoms with Crippen LogP contribution < -0.4 is 0 Å². The minimum Gasteiger partial charge on any atom is -0.294 e. The molecule has 0 fully saturated rings. The van der Waals surface area contributed by atoms with Gasteiger partial charge in [0.2, 0.25) is 0 Å². The number of halogens is 3. The van der Waals surface area contributed by atoms with Crippen molar-refractivity contribution in [3.63, 3.8) is 0 Å². The summed E-state index contributed by atoms with van der Waals surface area (Å²) in [5.74, 6) is -1.77. The number of benzene rings is 2. The van der Waals surface area contributed by atoms with Crippen LogP contribution in [0.1, 0.15) is 17.3 Å². The Morgan fingerprint density at radius 2 is 1.42 bits per heavy atom. The molecule has 0 heterocycles. The first-order chi connectivity index (χ1) is 11.1. The third-order valence-electron chi connectivity index (χ3n) is 2.65. The van der Waals surface area contributed by atoms with Crippen LogP contribution in [0.4, 0.5) is 20.2 Å². The van der Waals surface area contributed by atoms with E-state index in [-0.39, 0.29) is 21.4 Å². The van der Waals surface area contributed by atoms with Crippen LogP contribution in [0, 0.1) is 31.9 Å². The van der Waals surface area contributed by atoms with Crippen LogP contribution in [-0.2, 0) is 0 Å². The second kappa shape index (κ2) is 8.20. The van der Waals surface area contributed by atoms with E-state index in [4.69, 9.17) is 0 Å². The van der Waals surface area contributed by atoms with Crippen molar-refractivity contribution < 1.29 is 23.4 Å². The fourth-order valence-corrected chi connectivity index (χ4v) is 1.86. The average Bonchev–Trinajstić information content (AvgIpc) is 2.50. The standard InChI is InChI=1S/C8H6FNO3.C6H3BrFNO2/c1-5(11)7-4-6(10(12)13)2-3-8(7)9;7-5-3-4(9(10)11)1-2-6(5)8/h2-4H,1H3;1-3H. The summed E-state index contributed by atoms with van der Waals surface area (Å²) in [5.41, 5.74) is -0.668. The van der Waals surface area contributed by atoms with Gasteiger partial charge in [-0.15, -0.1) is 0 Å². The number of rotatable bonds is 3. The van der Waals surface area contributed by atoms with E-state index in [1.165, 1.54) is 0 Å². The lowest BCUT2D eigenvalue weighted by Gasteiger charge is -1.97. The zero-order valence-electron chi connectivity index (χ0n) is 12.0. The lowest BCUT2D eigenvalue weighted by atomic mass is 10.1. The van der Waals surface area contributed by atoms with E-state index in [1.807, 2.05) is 0 Å².